The third-order valence-corrected chi connectivity index (χ3v) is 3.24. The first-order valence-corrected chi connectivity index (χ1v) is 7.32. The zero-order valence-corrected chi connectivity index (χ0v) is 13.0. The summed E-state index contributed by atoms with van der Waals surface area (Å²) in [5.74, 6) is 1.69. The zero-order chi connectivity index (χ0) is 15.2. The standard InChI is InChI=1S/C17H23N3O/c1-5-10-18-17-19-13(3)12-20(17)15-8-7-9-16(11-15)21-14(4)6-2/h5,7-9,11-12,14H,1,6,10H2,2-4H3,(H,18,19). The van der Waals surface area contributed by atoms with Gasteiger partial charge in [-0.3, -0.25) is 4.57 Å². The molecule has 0 fully saturated rings. The molecular weight excluding hydrogens is 262 g/mol. The molecule has 0 radical (unpaired) electrons. The maximum atomic E-state index is 5.88. The fraction of sp³-hybridized carbons (Fsp3) is 0.353. The molecule has 1 aromatic heterocycles. The number of ether oxygens (including phenoxy) is 1. The molecule has 1 atom stereocenters. The number of hydrogen-bond donors (Lipinski definition) is 1. The number of anilines is 1. The second kappa shape index (κ2) is 6.97. The van der Waals surface area contributed by atoms with Gasteiger partial charge in [-0.05, 0) is 32.4 Å². The quantitative estimate of drug-likeness (QED) is 0.783. The van der Waals surface area contributed by atoms with Crippen molar-refractivity contribution in [1.82, 2.24) is 9.55 Å². The normalized spacial score (nSPS) is 12.0. The summed E-state index contributed by atoms with van der Waals surface area (Å²) in [6.45, 7) is 10.6. The molecule has 0 bridgehead atoms. The van der Waals surface area contributed by atoms with Gasteiger partial charge in [-0.1, -0.05) is 19.1 Å². The van der Waals surface area contributed by atoms with Gasteiger partial charge >= 0.3 is 0 Å². The number of benzene rings is 1. The number of rotatable bonds is 7. The van der Waals surface area contributed by atoms with E-state index in [9.17, 15) is 0 Å². The molecule has 4 heteroatoms. The molecule has 1 aromatic carbocycles. The van der Waals surface area contributed by atoms with Gasteiger partial charge in [-0.2, -0.15) is 0 Å². The van der Waals surface area contributed by atoms with Crippen LogP contribution < -0.4 is 10.1 Å². The van der Waals surface area contributed by atoms with Crippen molar-refractivity contribution in [3.05, 3.63) is 48.8 Å². The minimum absolute atomic E-state index is 0.211. The zero-order valence-electron chi connectivity index (χ0n) is 13.0. The van der Waals surface area contributed by atoms with Crippen LogP contribution in [0, 0.1) is 6.92 Å². The smallest absolute Gasteiger partial charge is 0.207 e. The van der Waals surface area contributed by atoms with E-state index < -0.39 is 0 Å². The van der Waals surface area contributed by atoms with Crippen LogP contribution in [-0.2, 0) is 0 Å². The SMILES string of the molecule is C=CCNc1nc(C)cn1-c1cccc(OC(C)CC)c1. The molecule has 0 spiro atoms. The van der Waals surface area contributed by atoms with Crippen molar-refractivity contribution in [3.8, 4) is 11.4 Å². The van der Waals surface area contributed by atoms with Crippen LogP contribution in [0.3, 0.4) is 0 Å². The first-order chi connectivity index (χ1) is 10.1. The minimum Gasteiger partial charge on any atom is -0.491 e. The molecule has 1 heterocycles. The highest BCUT2D eigenvalue weighted by molar-refractivity contribution is 5.46. The second-order valence-electron chi connectivity index (χ2n) is 5.08. The van der Waals surface area contributed by atoms with Crippen LogP contribution in [0.5, 0.6) is 5.75 Å². The van der Waals surface area contributed by atoms with E-state index in [-0.39, 0.29) is 6.10 Å². The summed E-state index contributed by atoms with van der Waals surface area (Å²) in [6.07, 6.45) is 5.02. The Morgan fingerprint density at radius 2 is 2.29 bits per heavy atom. The van der Waals surface area contributed by atoms with E-state index >= 15 is 0 Å². The van der Waals surface area contributed by atoms with Gasteiger partial charge in [-0.25, -0.2) is 4.98 Å². The van der Waals surface area contributed by atoms with Crippen LogP contribution in [0.2, 0.25) is 0 Å². The second-order valence-corrected chi connectivity index (χ2v) is 5.08. The number of nitrogens with one attached hydrogen (secondary N) is 1. The fourth-order valence-corrected chi connectivity index (χ4v) is 2.01. The molecule has 0 aliphatic rings. The van der Waals surface area contributed by atoms with Gasteiger partial charge in [0.25, 0.3) is 0 Å². The summed E-state index contributed by atoms with van der Waals surface area (Å²) >= 11 is 0. The summed E-state index contributed by atoms with van der Waals surface area (Å²) in [4.78, 5) is 4.49. The summed E-state index contributed by atoms with van der Waals surface area (Å²) in [5, 5.41) is 3.25. The molecule has 0 aliphatic carbocycles. The molecule has 2 aromatic rings. The monoisotopic (exact) mass is 285 g/mol. The third-order valence-electron chi connectivity index (χ3n) is 3.24. The average molecular weight is 285 g/mol. The molecule has 0 aliphatic heterocycles. The van der Waals surface area contributed by atoms with Crippen molar-refractivity contribution in [2.24, 2.45) is 0 Å². The first-order valence-electron chi connectivity index (χ1n) is 7.32. The predicted octanol–water partition coefficient (Wildman–Crippen LogP) is 3.96. The Morgan fingerprint density at radius 1 is 1.48 bits per heavy atom. The van der Waals surface area contributed by atoms with Crippen molar-refractivity contribution >= 4 is 5.95 Å². The Kier molecular flexibility index (Phi) is 5.04. The van der Waals surface area contributed by atoms with E-state index in [0.717, 1.165) is 29.5 Å². The topological polar surface area (TPSA) is 39.1 Å². The van der Waals surface area contributed by atoms with Crippen LogP contribution in [0.15, 0.2) is 43.1 Å². The molecule has 21 heavy (non-hydrogen) atoms. The van der Waals surface area contributed by atoms with E-state index in [2.05, 4.69) is 30.7 Å². The number of hydrogen-bond acceptors (Lipinski definition) is 3. The lowest BCUT2D eigenvalue weighted by Crippen LogP contribution is -2.10. The number of aromatic nitrogens is 2. The van der Waals surface area contributed by atoms with Gasteiger partial charge < -0.3 is 10.1 Å². The van der Waals surface area contributed by atoms with Crippen molar-refractivity contribution in [2.45, 2.75) is 33.3 Å². The van der Waals surface area contributed by atoms with Gasteiger partial charge in [0.2, 0.25) is 5.95 Å². The Morgan fingerprint density at radius 3 is 3.00 bits per heavy atom. The molecule has 2 rings (SSSR count). The average Bonchev–Trinajstić information content (AvgIpc) is 2.86. The maximum absolute atomic E-state index is 5.88. The van der Waals surface area contributed by atoms with E-state index in [1.54, 1.807) is 0 Å². The number of imidazole rings is 1. The van der Waals surface area contributed by atoms with Crippen LogP contribution >= 0.6 is 0 Å². The lowest BCUT2D eigenvalue weighted by Gasteiger charge is -2.14. The third kappa shape index (κ3) is 3.88. The fourth-order valence-electron chi connectivity index (χ4n) is 2.01. The largest absolute Gasteiger partial charge is 0.491 e. The lowest BCUT2D eigenvalue weighted by molar-refractivity contribution is 0.217. The van der Waals surface area contributed by atoms with Crippen LogP contribution in [-0.4, -0.2) is 22.2 Å². The molecule has 112 valence electrons. The van der Waals surface area contributed by atoms with Crippen molar-refractivity contribution < 1.29 is 4.74 Å². The van der Waals surface area contributed by atoms with E-state index in [1.165, 1.54) is 0 Å². The van der Waals surface area contributed by atoms with Gasteiger partial charge in [0.1, 0.15) is 5.75 Å². The highest BCUT2D eigenvalue weighted by Gasteiger charge is 2.08. The Bertz CT molecular complexity index is 604. The number of nitrogens with zero attached hydrogens (tertiary/aromatic N) is 2. The number of aryl methyl sites for hydroxylation is 1. The molecule has 0 saturated heterocycles. The van der Waals surface area contributed by atoms with Crippen molar-refractivity contribution in [3.63, 3.8) is 0 Å². The Balaban J connectivity index is 2.29. The highest BCUT2D eigenvalue weighted by atomic mass is 16.5. The summed E-state index contributed by atoms with van der Waals surface area (Å²) in [5.41, 5.74) is 2.00. The predicted molar refractivity (Wildman–Crippen MR) is 87.4 cm³/mol. The minimum atomic E-state index is 0.211. The van der Waals surface area contributed by atoms with Gasteiger partial charge in [0, 0.05) is 18.8 Å². The molecule has 0 saturated carbocycles. The first kappa shape index (κ1) is 15.2. The van der Waals surface area contributed by atoms with Crippen LogP contribution in [0.25, 0.3) is 5.69 Å². The molecule has 1 N–H and O–H groups in total. The Labute approximate surface area is 126 Å². The van der Waals surface area contributed by atoms with Crippen LogP contribution in [0.1, 0.15) is 26.0 Å². The molecular formula is C17H23N3O. The van der Waals surface area contributed by atoms with E-state index in [0.29, 0.717) is 6.54 Å². The Hall–Kier alpha value is -2.23. The lowest BCUT2D eigenvalue weighted by atomic mass is 10.2. The van der Waals surface area contributed by atoms with Gasteiger partial charge in [0.05, 0.1) is 17.5 Å². The van der Waals surface area contributed by atoms with Gasteiger partial charge in [0.15, 0.2) is 0 Å². The summed E-state index contributed by atoms with van der Waals surface area (Å²) in [6, 6.07) is 8.06. The summed E-state index contributed by atoms with van der Waals surface area (Å²) in [7, 11) is 0. The maximum Gasteiger partial charge on any atom is 0.207 e. The van der Waals surface area contributed by atoms with Crippen LogP contribution in [0.4, 0.5) is 5.95 Å². The summed E-state index contributed by atoms with van der Waals surface area (Å²) < 4.78 is 7.91. The van der Waals surface area contributed by atoms with Gasteiger partial charge in [-0.15, -0.1) is 6.58 Å². The molecule has 4 nitrogen and oxygen atoms in total. The molecule has 0 amide bonds. The van der Waals surface area contributed by atoms with E-state index in [4.69, 9.17) is 4.74 Å². The van der Waals surface area contributed by atoms with Crippen molar-refractivity contribution in [1.29, 1.82) is 0 Å². The van der Waals surface area contributed by atoms with E-state index in [1.807, 2.05) is 48.0 Å². The van der Waals surface area contributed by atoms with Crippen molar-refractivity contribution in [2.75, 3.05) is 11.9 Å². The highest BCUT2D eigenvalue weighted by Crippen LogP contribution is 2.22. The molecule has 1 unspecified atom stereocenters.